The zero-order valence-corrected chi connectivity index (χ0v) is 5.37. The van der Waals surface area contributed by atoms with Gasteiger partial charge in [-0.3, -0.25) is 0 Å². The average Bonchev–Trinajstić information content (AvgIpc) is 1.90. The molecule has 2 N–H and O–H groups in total. The summed E-state index contributed by atoms with van der Waals surface area (Å²) in [4.78, 5) is 4.01. The monoisotopic (exact) mass is 126 g/mol. The maximum atomic E-state index is 5.50. The first kappa shape index (κ1) is 6.29. The van der Waals surface area contributed by atoms with E-state index in [0.717, 1.165) is 0 Å². The highest BCUT2D eigenvalue weighted by molar-refractivity contribution is 5.88. The summed E-state index contributed by atoms with van der Waals surface area (Å²) in [5.74, 6) is 0.664. The zero-order valence-electron chi connectivity index (χ0n) is 5.37. The normalized spacial score (nSPS) is 25.6. The van der Waals surface area contributed by atoms with Gasteiger partial charge >= 0.3 is 0 Å². The maximum Gasteiger partial charge on any atom is 0.208 e. The van der Waals surface area contributed by atoms with Crippen LogP contribution in [-0.4, -0.2) is 25.6 Å². The maximum absolute atomic E-state index is 5.50. The van der Waals surface area contributed by atoms with E-state index in [0.29, 0.717) is 12.4 Å². The van der Waals surface area contributed by atoms with Crippen molar-refractivity contribution in [2.24, 2.45) is 10.7 Å². The van der Waals surface area contributed by atoms with Crippen LogP contribution in [0.1, 0.15) is 0 Å². The summed E-state index contributed by atoms with van der Waals surface area (Å²) in [6, 6.07) is 0.0731. The summed E-state index contributed by atoms with van der Waals surface area (Å²) in [5.41, 5.74) is 5.50. The van der Waals surface area contributed by atoms with E-state index in [4.69, 9.17) is 10.5 Å². The Balaban J connectivity index is 2.52. The Kier molecular flexibility index (Phi) is 1.85. The molecular weight excluding hydrogens is 116 g/mol. The molecule has 0 aromatic rings. The third-order valence-corrected chi connectivity index (χ3v) is 1.15. The first-order chi connectivity index (χ1) is 4.33. The van der Waals surface area contributed by atoms with Gasteiger partial charge in [-0.1, -0.05) is 6.08 Å². The summed E-state index contributed by atoms with van der Waals surface area (Å²) in [7, 11) is 1.60. The number of ether oxygens (including phenoxy) is 1. The van der Waals surface area contributed by atoms with E-state index in [1.807, 2.05) is 6.08 Å². The molecule has 0 aromatic carbocycles. The largest absolute Gasteiger partial charge is 0.481 e. The van der Waals surface area contributed by atoms with E-state index in [2.05, 4.69) is 4.99 Å². The van der Waals surface area contributed by atoms with Crippen molar-refractivity contribution in [3.8, 4) is 0 Å². The van der Waals surface area contributed by atoms with Gasteiger partial charge in [0.25, 0.3) is 0 Å². The van der Waals surface area contributed by atoms with Gasteiger partial charge in [-0.25, -0.2) is 4.99 Å². The number of hydrogen-bond donors (Lipinski definition) is 1. The number of hydrogen-bond acceptors (Lipinski definition) is 3. The Morgan fingerprint density at radius 3 is 3.11 bits per heavy atom. The van der Waals surface area contributed by atoms with Crippen molar-refractivity contribution < 1.29 is 4.74 Å². The van der Waals surface area contributed by atoms with Crippen LogP contribution in [0, 0.1) is 0 Å². The molecule has 3 nitrogen and oxygen atoms in total. The molecule has 50 valence electrons. The Labute approximate surface area is 54.2 Å². The first-order valence-electron chi connectivity index (χ1n) is 2.85. The molecule has 0 spiro atoms. The van der Waals surface area contributed by atoms with Gasteiger partial charge in [-0.15, -0.1) is 0 Å². The Bertz CT molecular complexity index is 151. The molecule has 0 amide bonds. The highest BCUT2D eigenvalue weighted by Crippen LogP contribution is 1.95. The lowest BCUT2D eigenvalue weighted by atomic mass is 10.2. The standard InChI is InChI=1S/C6H10N2O/c1-9-6-3-2-5(7)4-8-6/h2-3,5H,4,7H2,1H3. The molecule has 1 aliphatic heterocycles. The molecule has 1 heterocycles. The Morgan fingerprint density at radius 2 is 2.67 bits per heavy atom. The van der Waals surface area contributed by atoms with Crippen molar-refractivity contribution in [2.75, 3.05) is 13.7 Å². The zero-order chi connectivity index (χ0) is 6.69. The lowest BCUT2D eigenvalue weighted by Crippen LogP contribution is -2.24. The SMILES string of the molecule is COC1=NCC(N)C=C1. The summed E-state index contributed by atoms with van der Waals surface area (Å²) in [6.07, 6.45) is 3.67. The first-order valence-corrected chi connectivity index (χ1v) is 2.85. The van der Waals surface area contributed by atoms with Gasteiger partial charge in [0.2, 0.25) is 5.90 Å². The van der Waals surface area contributed by atoms with Crippen molar-refractivity contribution in [3.05, 3.63) is 12.2 Å². The van der Waals surface area contributed by atoms with Gasteiger partial charge in [0.05, 0.1) is 13.7 Å². The molecule has 9 heavy (non-hydrogen) atoms. The lowest BCUT2D eigenvalue weighted by Gasteiger charge is -2.08. The van der Waals surface area contributed by atoms with Crippen LogP contribution < -0.4 is 5.73 Å². The number of nitrogens with zero attached hydrogens (tertiary/aromatic N) is 1. The lowest BCUT2D eigenvalue weighted by molar-refractivity contribution is 0.402. The van der Waals surface area contributed by atoms with Crippen LogP contribution in [0.5, 0.6) is 0 Å². The Hall–Kier alpha value is -0.830. The summed E-state index contributed by atoms with van der Waals surface area (Å²) in [5, 5.41) is 0. The summed E-state index contributed by atoms with van der Waals surface area (Å²) < 4.78 is 4.85. The van der Waals surface area contributed by atoms with Crippen LogP contribution in [-0.2, 0) is 4.74 Å². The van der Waals surface area contributed by atoms with Crippen LogP contribution in [0.15, 0.2) is 17.1 Å². The molecule has 0 bridgehead atoms. The van der Waals surface area contributed by atoms with Crippen molar-refractivity contribution in [1.82, 2.24) is 0 Å². The van der Waals surface area contributed by atoms with Crippen LogP contribution in [0.25, 0.3) is 0 Å². The molecule has 0 aromatic heterocycles. The quantitative estimate of drug-likeness (QED) is 0.494. The minimum Gasteiger partial charge on any atom is -0.481 e. The average molecular weight is 126 g/mol. The molecule has 0 aliphatic carbocycles. The molecule has 0 saturated carbocycles. The van der Waals surface area contributed by atoms with Gasteiger partial charge in [0.1, 0.15) is 0 Å². The van der Waals surface area contributed by atoms with Crippen LogP contribution in [0.3, 0.4) is 0 Å². The molecule has 0 saturated heterocycles. The van der Waals surface area contributed by atoms with E-state index in [-0.39, 0.29) is 6.04 Å². The summed E-state index contributed by atoms with van der Waals surface area (Å²) in [6.45, 7) is 0.639. The molecule has 1 unspecified atom stereocenters. The number of dihydropyridines is 1. The van der Waals surface area contributed by atoms with E-state index < -0.39 is 0 Å². The number of aliphatic imine (C=N–C) groups is 1. The van der Waals surface area contributed by atoms with Crippen LogP contribution in [0.2, 0.25) is 0 Å². The van der Waals surface area contributed by atoms with E-state index in [9.17, 15) is 0 Å². The van der Waals surface area contributed by atoms with Crippen LogP contribution in [0.4, 0.5) is 0 Å². The predicted molar refractivity (Wildman–Crippen MR) is 36.4 cm³/mol. The van der Waals surface area contributed by atoms with Gasteiger partial charge in [-0.2, -0.15) is 0 Å². The number of nitrogens with two attached hydrogens (primary N) is 1. The van der Waals surface area contributed by atoms with Crippen molar-refractivity contribution >= 4 is 5.90 Å². The van der Waals surface area contributed by atoms with Gasteiger partial charge in [0, 0.05) is 6.04 Å². The minimum atomic E-state index is 0.0731. The van der Waals surface area contributed by atoms with Crippen LogP contribution >= 0.6 is 0 Å². The fraction of sp³-hybridized carbons (Fsp3) is 0.500. The van der Waals surface area contributed by atoms with E-state index >= 15 is 0 Å². The van der Waals surface area contributed by atoms with Crippen molar-refractivity contribution in [3.63, 3.8) is 0 Å². The second-order valence-electron chi connectivity index (χ2n) is 1.91. The fourth-order valence-corrected chi connectivity index (χ4v) is 0.647. The van der Waals surface area contributed by atoms with Gasteiger partial charge in [0.15, 0.2) is 0 Å². The van der Waals surface area contributed by atoms with E-state index in [1.165, 1.54) is 0 Å². The number of rotatable bonds is 0. The molecule has 0 radical (unpaired) electrons. The topological polar surface area (TPSA) is 47.6 Å². The molecule has 1 atom stereocenters. The highest BCUT2D eigenvalue weighted by Gasteiger charge is 2.02. The second kappa shape index (κ2) is 2.64. The molecule has 3 heteroatoms. The smallest absolute Gasteiger partial charge is 0.208 e. The minimum absolute atomic E-state index is 0.0731. The van der Waals surface area contributed by atoms with Gasteiger partial charge < -0.3 is 10.5 Å². The molecule has 0 fully saturated rings. The van der Waals surface area contributed by atoms with Gasteiger partial charge in [-0.05, 0) is 6.08 Å². The predicted octanol–water partition coefficient (Wildman–Crippen LogP) is -0.0716. The third kappa shape index (κ3) is 1.54. The number of methoxy groups -OCH3 is 1. The highest BCUT2D eigenvalue weighted by atomic mass is 16.5. The van der Waals surface area contributed by atoms with Crippen molar-refractivity contribution in [1.29, 1.82) is 0 Å². The fourth-order valence-electron chi connectivity index (χ4n) is 0.647. The summed E-state index contributed by atoms with van der Waals surface area (Å²) >= 11 is 0. The van der Waals surface area contributed by atoms with Crippen molar-refractivity contribution in [2.45, 2.75) is 6.04 Å². The van der Waals surface area contributed by atoms with E-state index in [1.54, 1.807) is 13.2 Å². The Morgan fingerprint density at radius 1 is 1.89 bits per heavy atom. The molecule has 1 rings (SSSR count). The molecule has 1 aliphatic rings. The second-order valence-corrected chi connectivity index (χ2v) is 1.91. The third-order valence-electron chi connectivity index (χ3n) is 1.15. The molecular formula is C6H10N2O.